The van der Waals surface area contributed by atoms with Crippen molar-refractivity contribution in [2.45, 2.75) is 142 Å². The number of carbonyl (C=O) groups excluding carboxylic acids is 1. The Bertz CT molecular complexity index is 396. The predicted octanol–water partition coefficient (Wildman–Crippen LogP) is 7.25. The number of carboxylic acid groups (broad SMARTS) is 1. The van der Waals surface area contributed by atoms with Gasteiger partial charge in [-0.1, -0.05) is 117 Å². The van der Waals surface area contributed by atoms with Crippen LogP contribution in [0.5, 0.6) is 0 Å². The molecule has 0 saturated heterocycles. The quantitative estimate of drug-likeness (QED) is 0.195. The molecule has 0 aromatic rings. The van der Waals surface area contributed by atoms with Crippen molar-refractivity contribution >= 4 is 11.9 Å². The van der Waals surface area contributed by atoms with Gasteiger partial charge in [-0.25, -0.2) is 4.79 Å². The molecule has 29 heavy (non-hydrogen) atoms. The highest BCUT2D eigenvalue weighted by Crippen LogP contribution is 2.14. The van der Waals surface area contributed by atoms with Crippen LogP contribution in [0.1, 0.15) is 136 Å². The van der Waals surface area contributed by atoms with E-state index in [1.54, 1.807) is 0 Å². The molecule has 0 radical (unpaired) electrons. The summed E-state index contributed by atoms with van der Waals surface area (Å²) in [7, 11) is 0. The third kappa shape index (κ3) is 20.0. The van der Waals surface area contributed by atoms with Gasteiger partial charge in [-0.05, 0) is 18.8 Å². The zero-order valence-corrected chi connectivity index (χ0v) is 19.6. The maximum atomic E-state index is 11.9. The number of unbranched alkanes of at least 4 members (excludes halogenated alkanes) is 15. The Hall–Kier alpha value is -1.06. The Balaban J connectivity index is 3.38. The van der Waals surface area contributed by atoms with Crippen LogP contribution in [0.2, 0.25) is 0 Å². The summed E-state index contributed by atoms with van der Waals surface area (Å²) < 4.78 is 0. The number of carboxylic acids is 1. The van der Waals surface area contributed by atoms with E-state index >= 15 is 0 Å². The predicted molar refractivity (Wildman–Crippen MR) is 123 cm³/mol. The minimum atomic E-state index is -0.931. The lowest BCUT2D eigenvalue weighted by atomic mass is 10.0. The first kappa shape index (κ1) is 27.9. The van der Waals surface area contributed by atoms with Gasteiger partial charge in [-0.15, -0.1) is 0 Å². The molecule has 0 heterocycles. The molecule has 0 aliphatic heterocycles. The number of nitrogens with one attached hydrogen (secondary N) is 1. The minimum absolute atomic E-state index is 0.122. The van der Waals surface area contributed by atoms with Gasteiger partial charge in [-0.3, -0.25) is 4.79 Å². The molecule has 0 spiro atoms. The first-order valence-corrected chi connectivity index (χ1v) is 12.5. The van der Waals surface area contributed by atoms with Crippen molar-refractivity contribution in [3.63, 3.8) is 0 Å². The highest BCUT2D eigenvalue weighted by atomic mass is 16.4. The SMILES string of the molecule is CCCCCCCCCCCCCCCCCCC(=O)N[C@@H](CC(C)C)C(=O)O. The van der Waals surface area contributed by atoms with E-state index in [4.69, 9.17) is 5.11 Å². The van der Waals surface area contributed by atoms with Crippen molar-refractivity contribution in [2.75, 3.05) is 0 Å². The summed E-state index contributed by atoms with van der Waals surface area (Å²) in [5.41, 5.74) is 0. The summed E-state index contributed by atoms with van der Waals surface area (Å²) in [6.07, 6.45) is 21.9. The van der Waals surface area contributed by atoms with E-state index in [2.05, 4.69) is 12.2 Å². The van der Waals surface area contributed by atoms with E-state index in [0.717, 1.165) is 12.8 Å². The Morgan fingerprint density at radius 1 is 0.690 bits per heavy atom. The fraction of sp³-hybridized carbons (Fsp3) is 0.920. The molecule has 2 N–H and O–H groups in total. The maximum Gasteiger partial charge on any atom is 0.326 e. The number of rotatable bonds is 21. The molecule has 0 aromatic heterocycles. The zero-order chi connectivity index (χ0) is 21.7. The monoisotopic (exact) mass is 411 g/mol. The topological polar surface area (TPSA) is 66.4 Å². The molecule has 4 heteroatoms. The normalized spacial score (nSPS) is 12.3. The van der Waals surface area contributed by atoms with Crippen LogP contribution in [0.3, 0.4) is 0 Å². The molecule has 0 rings (SSSR count). The van der Waals surface area contributed by atoms with E-state index < -0.39 is 12.0 Å². The lowest BCUT2D eigenvalue weighted by Gasteiger charge is -2.16. The first-order valence-electron chi connectivity index (χ1n) is 12.5. The van der Waals surface area contributed by atoms with Gasteiger partial charge in [0, 0.05) is 6.42 Å². The third-order valence-corrected chi connectivity index (χ3v) is 5.60. The lowest BCUT2D eigenvalue weighted by molar-refractivity contribution is -0.142. The summed E-state index contributed by atoms with van der Waals surface area (Å²) in [6, 6.07) is -0.747. The van der Waals surface area contributed by atoms with Gasteiger partial charge in [0.15, 0.2) is 0 Å². The fourth-order valence-electron chi connectivity index (χ4n) is 3.79. The molecule has 4 nitrogen and oxygen atoms in total. The molecule has 0 aliphatic rings. The Labute approximate surface area is 180 Å². The van der Waals surface area contributed by atoms with Gasteiger partial charge in [-0.2, -0.15) is 0 Å². The molecule has 0 fully saturated rings. The maximum absolute atomic E-state index is 11.9. The number of carbonyl (C=O) groups is 2. The molecule has 0 saturated carbocycles. The second-order valence-corrected chi connectivity index (χ2v) is 9.14. The average molecular weight is 412 g/mol. The lowest BCUT2D eigenvalue weighted by Crippen LogP contribution is -2.41. The van der Waals surface area contributed by atoms with Crippen molar-refractivity contribution in [1.82, 2.24) is 5.32 Å². The standard InChI is InChI=1S/C25H49NO3/c1-4-5-6-7-8-9-10-11-12-13-14-15-16-17-18-19-20-24(27)26-23(25(28)29)21-22(2)3/h22-23H,4-21H2,1-3H3,(H,26,27)(H,28,29)/t23-/m0/s1. The van der Waals surface area contributed by atoms with Crippen LogP contribution >= 0.6 is 0 Å². The minimum Gasteiger partial charge on any atom is -0.480 e. The average Bonchev–Trinajstić information content (AvgIpc) is 2.66. The summed E-state index contributed by atoms with van der Waals surface area (Å²) >= 11 is 0. The number of amides is 1. The van der Waals surface area contributed by atoms with E-state index in [9.17, 15) is 9.59 Å². The van der Waals surface area contributed by atoms with Crippen molar-refractivity contribution < 1.29 is 14.7 Å². The highest BCUT2D eigenvalue weighted by Gasteiger charge is 2.20. The summed E-state index contributed by atoms with van der Waals surface area (Å²) in [4.78, 5) is 23.1. The second-order valence-electron chi connectivity index (χ2n) is 9.14. The smallest absolute Gasteiger partial charge is 0.326 e. The molecule has 0 aromatic carbocycles. The summed E-state index contributed by atoms with van der Waals surface area (Å²) in [5.74, 6) is -0.797. The van der Waals surface area contributed by atoms with Crippen LogP contribution in [-0.4, -0.2) is 23.0 Å². The molecule has 172 valence electrons. The Kier molecular flexibility index (Phi) is 19.5. The molecule has 0 unspecified atom stereocenters. The zero-order valence-electron chi connectivity index (χ0n) is 19.6. The fourth-order valence-corrected chi connectivity index (χ4v) is 3.79. The van der Waals surface area contributed by atoms with Gasteiger partial charge in [0.1, 0.15) is 6.04 Å². The van der Waals surface area contributed by atoms with Crippen LogP contribution < -0.4 is 5.32 Å². The molecule has 1 atom stereocenters. The van der Waals surface area contributed by atoms with Crippen LogP contribution in [0, 0.1) is 5.92 Å². The van der Waals surface area contributed by atoms with Crippen LogP contribution in [-0.2, 0) is 9.59 Å². The van der Waals surface area contributed by atoms with Crippen LogP contribution in [0.15, 0.2) is 0 Å². The van der Waals surface area contributed by atoms with Crippen molar-refractivity contribution in [3.05, 3.63) is 0 Å². The largest absolute Gasteiger partial charge is 0.480 e. The van der Waals surface area contributed by atoms with Gasteiger partial charge >= 0.3 is 5.97 Å². The summed E-state index contributed by atoms with van der Waals surface area (Å²) in [5, 5.41) is 11.8. The molecule has 0 aliphatic carbocycles. The molecular weight excluding hydrogens is 362 g/mol. The molecule has 0 bridgehead atoms. The Morgan fingerprint density at radius 2 is 1.07 bits per heavy atom. The number of hydrogen-bond donors (Lipinski definition) is 2. The summed E-state index contributed by atoms with van der Waals surface area (Å²) in [6.45, 7) is 6.21. The second kappa shape index (κ2) is 20.2. The molecular formula is C25H49NO3. The van der Waals surface area contributed by atoms with E-state index in [1.807, 2.05) is 13.8 Å². The van der Waals surface area contributed by atoms with Crippen molar-refractivity contribution in [2.24, 2.45) is 5.92 Å². The number of aliphatic carboxylic acids is 1. The number of hydrogen-bond acceptors (Lipinski definition) is 2. The van der Waals surface area contributed by atoms with E-state index in [-0.39, 0.29) is 11.8 Å². The molecule has 1 amide bonds. The van der Waals surface area contributed by atoms with Crippen molar-refractivity contribution in [3.8, 4) is 0 Å². The van der Waals surface area contributed by atoms with Gasteiger partial charge in [0.2, 0.25) is 5.91 Å². The highest BCUT2D eigenvalue weighted by molar-refractivity contribution is 5.83. The Morgan fingerprint density at radius 3 is 1.41 bits per heavy atom. The van der Waals surface area contributed by atoms with E-state index in [1.165, 1.54) is 89.9 Å². The van der Waals surface area contributed by atoms with Crippen LogP contribution in [0.4, 0.5) is 0 Å². The van der Waals surface area contributed by atoms with Gasteiger partial charge in [0.25, 0.3) is 0 Å². The van der Waals surface area contributed by atoms with E-state index in [0.29, 0.717) is 12.8 Å². The van der Waals surface area contributed by atoms with Crippen molar-refractivity contribution in [1.29, 1.82) is 0 Å². The third-order valence-electron chi connectivity index (χ3n) is 5.60. The van der Waals surface area contributed by atoms with Gasteiger partial charge in [0.05, 0.1) is 0 Å². The van der Waals surface area contributed by atoms with Gasteiger partial charge < -0.3 is 10.4 Å². The first-order chi connectivity index (χ1) is 14.0. The van der Waals surface area contributed by atoms with Crippen LogP contribution in [0.25, 0.3) is 0 Å².